The minimum Gasteiger partial charge on any atom is -0.485 e. The second kappa shape index (κ2) is 5.74. The Morgan fingerprint density at radius 3 is 2.25 bits per heavy atom. The average Bonchev–Trinajstić information content (AvgIpc) is 2.47. The van der Waals surface area contributed by atoms with Crippen LogP contribution in [0, 0.1) is 6.92 Å². The lowest BCUT2D eigenvalue weighted by Crippen LogP contribution is -2.40. The summed E-state index contributed by atoms with van der Waals surface area (Å²) in [5.74, 6) is 0.943. The number of benzene rings is 1. The number of hydrogen-bond acceptors (Lipinski definition) is 3. The number of hydrogen-bond donors (Lipinski definition) is 2. The molecule has 1 unspecified atom stereocenters. The van der Waals surface area contributed by atoms with E-state index in [9.17, 15) is 10.2 Å². The third-order valence-corrected chi connectivity index (χ3v) is 4.61. The highest BCUT2D eigenvalue weighted by atomic mass is 16.5. The van der Waals surface area contributed by atoms with Crippen LogP contribution in [0.5, 0.6) is 5.75 Å². The summed E-state index contributed by atoms with van der Waals surface area (Å²) in [6.07, 6.45) is 3.53. The molecule has 1 heterocycles. The van der Waals surface area contributed by atoms with Gasteiger partial charge in [0.1, 0.15) is 11.4 Å². The largest absolute Gasteiger partial charge is 0.485 e. The van der Waals surface area contributed by atoms with E-state index in [1.165, 1.54) is 16.7 Å². The molecular weight excluding hydrogens is 252 g/mol. The zero-order chi connectivity index (χ0) is 14.9. The Morgan fingerprint density at radius 1 is 1.10 bits per heavy atom. The molecular formula is C17H26O3. The van der Waals surface area contributed by atoms with Gasteiger partial charge in [0.15, 0.2) is 0 Å². The van der Waals surface area contributed by atoms with E-state index in [4.69, 9.17) is 4.74 Å². The van der Waals surface area contributed by atoms with Crippen molar-refractivity contribution in [3.63, 3.8) is 0 Å². The van der Waals surface area contributed by atoms with Crippen molar-refractivity contribution in [2.75, 3.05) is 6.61 Å². The molecule has 1 aromatic carbocycles. The highest BCUT2D eigenvalue weighted by Gasteiger charge is 2.34. The van der Waals surface area contributed by atoms with Crippen molar-refractivity contribution in [1.29, 1.82) is 0 Å². The van der Waals surface area contributed by atoms with Gasteiger partial charge in [-0.15, -0.1) is 0 Å². The highest BCUT2D eigenvalue weighted by molar-refractivity contribution is 5.56. The Balaban J connectivity index is 2.66. The molecule has 1 aliphatic heterocycles. The highest BCUT2D eigenvalue weighted by Crippen LogP contribution is 2.41. The van der Waals surface area contributed by atoms with Crippen molar-refractivity contribution in [2.45, 2.75) is 65.6 Å². The van der Waals surface area contributed by atoms with Crippen molar-refractivity contribution >= 4 is 0 Å². The molecule has 112 valence electrons. The second-order valence-corrected chi connectivity index (χ2v) is 5.94. The molecule has 0 spiro atoms. The summed E-state index contributed by atoms with van der Waals surface area (Å²) < 4.78 is 6.15. The summed E-state index contributed by atoms with van der Waals surface area (Å²) in [7, 11) is 0. The van der Waals surface area contributed by atoms with Crippen LogP contribution in [-0.2, 0) is 25.9 Å². The molecule has 1 aliphatic rings. The maximum Gasteiger partial charge on any atom is 0.129 e. The van der Waals surface area contributed by atoms with E-state index in [0.717, 1.165) is 42.6 Å². The van der Waals surface area contributed by atoms with E-state index in [0.29, 0.717) is 0 Å². The fourth-order valence-corrected chi connectivity index (χ4v) is 3.39. The number of ether oxygens (including phenoxy) is 1. The first-order chi connectivity index (χ1) is 9.51. The average molecular weight is 278 g/mol. The van der Waals surface area contributed by atoms with Crippen molar-refractivity contribution in [3.8, 4) is 5.75 Å². The molecule has 1 atom stereocenters. The van der Waals surface area contributed by atoms with Crippen LogP contribution in [-0.4, -0.2) is 22.4 Å². The summed E-state index contributed by atoms with van der Waals surface area (Å²) >= 11 is 0. The van der Waals surface area contributed by atoms with Crippen molar-refractivity contribution < 1.29 is 14.9 Å². The fourth-order valence-electron chi connectivity index (χ4n) is 3.39. The topological polar surface area (TPSA) is 49.7 Å². The predicted molar refractivity (Wildman–Crippen MR) is 80.3 cm³/mol. The third kappa shape index (κ3) is 2.33. The molecule has 1 aromatic rings. The number of rotatable bonds is 4. The SMILES string of the molecule is CCc1c(C)c2c(c(CC)c1CO)CCC(C)(CO)O2. The molecule has 2 N–H and O–H groups in total. The lowest BCUT2D eigenvalue weighted by Gasteiger charge is -2.37. The second-order valence-electron chi connectivity index (χ2n) is 5.94. The van der Waals surface area contributed by atoms with Gasteiger partial charge in [0.25, 0.3) is 0 Å². The quantitative estimate of drug-likeness (QED) is 0.890. The fraction of sp³-hybridized carbons (Fsp3) is 0.647. The zero-order valence-corrected chi connectivity index (χ0v) is 13.0. The summed E-state index contributed by atoms with van der Waals surface area (Å²) in [4.78, 5) is 0. The van der Waals surface area contributed by atoms with E-state index in [2.05, 4.69) is 20.8 Å². The van der Waals surface area contributed by atoms with E-state index < -0.39 is 5.60 Å². The van der Waals surface area contributed by atoms with Crippen LogP contribution in [0.15, 0.2) is 0 Å². The minimum atomic E-state index is -0.478. The Morgan fingerprint density at radius 2 is 1.75 bits per heavy atom. The van der Waals surface area contributed by atoms with Crippen LogP contribution in [0.3, 0.4) is 0 Å². The van der Waals surface area contributed by atoms with Gasteiger partial charge in [-0.05, 0) is 67.3 Å². The predicted octanol–water partition coefficient (Wildman–Crippen LogP) is 2.69. The van der Waals surface area contributed by atoms with Crippen molar-refractivity contribution in [3.05, 3.63) is 27.8 Å². The van der Waals surface area contributed by atoms with Gasteiger partial charge in [0, 0.05) is 0 Å². The summed E-state index contributed by atoms with van der Waals surface area (Å²) in [5, 5.41) is 19.3. The van der Waals surface area contributed by atoms with Gasteiger partial charge in [0.2, 0.25) is 0 Å². The van der Waals surface area contributed by atoms with Crippen LogP contribution in [0.2, 0.25) is 0 Å². The molecule has 20 heavy (non-hydrogen) atoms. The lowest BCUT2D eigenvalue weighted by molar-refractivity contribution is 0.00715. The Hall–Kier alpha value is -1.06. The number of aliphatic hydroxyl groups excluding tert-OH is 2. The van der Waals surface area contributed by atoms with Crippen LogP contribution < -0.4 is 4.74 Å². The van der Waals surface area contributed by atoms with Crippen molar-refractivity contribution in [1.82, 2.24) is 0 Å². The molecule has 3 heteroatoms. The summed E-state index contributed by atoms with van der Waals surface area (Å²) in [5.41, 5.74) is 5.41. The molecule has 0 saturated heterocycles. The zero-order valence-electron chi connectivity index (χ0n) is 13.0. The smallest absolute Gasteiger partial charge is 0.129 e. The standard InChI is InChI=1S/C17H26O3/c1-5-12-11(3)16-14(13(6-2)15(12)9-18)7-8-17(4,10-19)20-16/h18-19H,5-10H2,1-4H3. The van der Waals surface area contributed by atoms with E-state index in [1.807, 2.05) is 6.92 Å². The molecule has 0 amide bonds. The first-order valence-electron chi connectivity index (χ1n) is 7.58. The Bertz CT molecular complexity index is 508. The molecule has 3 nitrogen and oxygen atoms in total. The van der Waals surface area contributed by atoms with E-state index in [-0.39, 0.29) is 13.2 Å². The molecule has 0 aromatic heterocycles. The van der Waals surface area contributed by atoms with Gasteiger partial charge in [-0.2, -0.15) is 0 Å². The monoisotopic (exact) mass is 278 g/mol. The van der Waals surface area contributed by atoms with Gasteiger partial charge >= 0.3 is 0 Å². The van der Waals surface area contributed by atoms with Crippen molar-refractivity contribution in [2.24, 2.45) is 0 Å². The Kier molecular flexibility index (Phi) is 4.40. The van der Waals surface area contributed by atoms with Crippen LogP contribution in [0.25, 0.3) is 0 Å². The summed E-state index contributed by atoms with van der Waals surface area (Å²) in [6.45, 7) is 8.41. The molecule has 0 fully saturated rings. The van der Waals surface area contributed by atoms with Gasteiger partial charge in [-0.25, -0.2) is 0 Å². The first kappa shape index (κ1) is 15.3. The lowest BCUT2D eigenvalue weighted by atomic mass is 9.83. The van der Waals surface area contributed by atoms with Crippen LogP contribution in [0.4, 0.5) is 0 Å². The Labute approximate surface area is 121 Å². The molecule has 2 rings (SSSR count). The van der Waals surface area contributed by atoms with Gasteiger partial charge in [-0.1, -0.05) is 13.8 Å². The number of fused-ring (bicyclic) bond motifs is 1. The molecule has 0 saturated carbocycles. The normalized spacial score (nSPS) is 21.5. The molecule has 0 bridgehead atoms. The van der Waals surface area contributed by atoms with Gasteiger partial charge in [-0.3, -0.25) is 0 Å². The van der Waals surface area contributed by atoms with Crippen LogP contribution in [0.1, 0.15) is 55.0 Å². The van der Waals surface area contributed by atoms with E-state index in [1.54, 1.807) is 0 Å². The van der Waals surface area contributed by atoms with Gasteiger partial charge in [0.05, 0.1) is 13.2 Å². The number of aliphatic hydroxyl groups is 2. The first-order valence-corrected chi connectivity index (χ1v) is 7.58. The molecule has 0 radical (unpaired) electrons. The van der Waals surface area contributed by atoms with E-state index >= 15 is 0 Å². The minimum absolute atomic E-state index is 0.0382. The molecule has 0 aliphatic carbocycles. The van der Waals surface area contributed by atoms with Gasteiger partial charge < -0.3 is 14.9 Å². The van der Waals surface area contributed by atoms with Crippen LogP contribution >= 0.6 is 0 Å². The maximum atomic E-state index is 9.76. The maximum absolute atomic E-state index is 9.76. The summed E-state index contributed by atoms with van der Waals surface area (Å²) in [6, 6.07) is 0. The third-order valence-electron chi connectivity index (χ3n) is 4.61.